The quantitative estimate of drug-likeness (QED) is 0.494. The zero-order chi connectivity index (χ0) is 9.61. The van der Waals surface area contributed by atoms with Gasteiger partial charge in [-0.1, -0.05) is 34.1 Å². The van der Waals surface area contributed by atoms with E-state index in [1.165, 1.54) is 25.7 Å². The van der Waals surface area contributed by atoms with Crippen molar-refractivity contribution in [1.82, 2.24) is 5.43 Å². The molecule has 2 heteroatoms. The highest BCUT2D eigenvalue weighted by Gasteiger charge is 2.13. The zero-order valence-electron chi connectivity index (χ0n) is 8.98. The summed E-state index contributed by atoms with van der Waals surface area (Å²) >= 11 is 0. The molecule has 0 saturated carbocycles. The van der Waals surface area contributed by atoms with E-state index < -0.39 is 0 Å². The van der Waals surface area contributed by atoms with Crippen LogP contribution in [0.2, 0.25) is 0 Å². The highest BCUT2D eigenvalue weighted by molar-refractivity contribution is 4.68. The summed E-state index contributed by atoms with van der Waals surface area (Å²) in [6.07, 6.45) is 4.82. The third-order valence-corrected chi connectivity index (χ3v) is 2.12. The molecule has 1 atom stereocenters. The van der Waals surface area contributed by atoms with Gasteiger partial charge in [0.25, 0.3) is 0 Å². The molecule has 0 aliphatic heterocycles. The normalized spacial score (nSPS) is 14.8. The first-order valence-electron chi connectivity index (χ1n) is 4.95. The lowest BCUT2D eigenvalue weighted by Crippen LogP contribution is -2.35. The summed E-state index contributed by atoms with van der Waals surface area (Å²) in [7, 11) is 0. The molecule has 0 amide bonds. The molecule has 3 N–H and O–H groups in total. The lowest BCUT2D eigenvalue weighted by Gasteiger charge is -2.22. The van der Waals surface area contributed by atoms with Crippen LogP contribution in [0.25, 0.3) is 0 Å². The maximum Gasteiger partial charge on any atom is 0.0210 e. The van der Waals surface area contributed by atoms with Gasteiger partial charge in [0.1, 0.15) is 0 Å². The molecule has 0 fully saturated rings. The van der Waals surface area contributed by atoms with Gasteiger partial charge in [0, 0.05) is 6.04 Å². The minimum atomic E-state index is 0.433. The van der Waals surface area contributed by atoms with Crippen LogP contribution in [0.15, 0.2) is 0 Å². The van der Waals surface area contributed by atoms with Crippen molar-refractivity contribution >= 4 is 0 Å². The van der Waals surface area contributed by atoms with E-state index >= 15 is 0 Å². The van der Waals surface area contributed by atoms with Crippen LogP contribution < -0.4 is 11.3 Å². The highest BCUT2D eigenvalue weighted by Crippen LogP contribution is 2.22. The van der Waals surface area contributed by atoms with Crippen molar-refractivity contribution in [3.05, 3.63) is 0 Å². The fourth-order valence-corrected chi connectivity index (χ4v) is 1.27. The van der Waals surface area contributed by atoms with Gasteiger partial charge < -0.3 is 0 Å². The Bertz CT molecular complexity index is 105. The van der Waals surface area contributed by atoms with Crippen molar-refractivity contribution in [1.29, 1.82) is 0 Å². The number of hydrazine groups is 1. The van der Waals surface area contributed by atoms with Crippen LogP contribution in [0.5, 0.6) is 0 Å². The molecule has 0 aromatic heterocycles. The zero-order valence-corrected chi connectivity index (χ0v) is 8.98. The molecular formula is C10H24N2. The van der Waals surface area contributed by atoms with Gasteiger partial charge in [0.2, 0.25) is 0 Å². The van der Waals surface area contributed by atoms with Gasteiger partial charge in [-0.05, 0) is 24.7 Å². The molecular weight excluding hydrogens is 148 g/mol. The molecule has 2 nitrogen and oxygen atoms in total. The van der Waals surface area contributed by atoms with Crippen molar-refractivity contribution in [2.75, 3.05) is 0 Å². The van der Waals surface area contributed by atoms with Crippen LogP contribution in [-0.4, -0.2) is 6.04 Å². The van der Waals surface area contributed by atoms with Crippen molar-refractivity contribution in [3.8, 4) is 0 Å². The van der Waals surface area contributed by atoms with Gasteiger partial charge in [0.05, 0.1) is 0 Å². The van der Waals surface area contributed by atoms with Crippen LogP contribution in [0, 0.1) is 5.41 Å². The molecule has 0 bridgehead atoms. The van der Waals surface area contributed by atoms with Gasteiger partial charge in [0.15, 0.2) is 0 Å². The molecule has 0 radical (unpaired) electrons. The van der Waals surface area contributed by atoms with Gasteiger partial charge >= 0.3 is 0 Å². The molecule has 0 aromatic carbocycles. The van der Waals surface area contributed by atoms with Crippen molar-refractivity contribution in [2.24, 2.45) is 11.3 Å². The van der Waals surface area contributed by atoms with E-state index in [1.807, 2.05) is 0 Å². The standard InChI is InChI=1S/C10H24N2/c1-5-6-9(12-11)7-8-10(2,3)4/h9,12H,5-8,11H2,1-4H3. The van der Waals surface area contributed by atoms with Gasteiger partial charge in [-0.2, -0.15) is 0 Å². The molecule has 0 aliphatic rings. The summed E-state index contributed by atoms with van der Waals surface area (Å²) < 4.78 is 0. The average molecular weight is 172 g/mol. The Labute approximate surface area is 76.9 Å². The molecule has 74 valence electrons. The third kappa shape index (κ3) is 6.62. The van der Waals surface area contributed by atoms with Crippen LogP contribution in [0.4, 0.5) is 0 Å². The average Bonchev–Trinajstić information content (AvgIpc) is 1.96. The summed E-state index contributed by atoms with van der Waals surface area (Å²) in [6.45, 7) is 9.01. The molecule has 0 saturated heterocycles. The van der Waals surface area contributed by atoms with Gasteiger partial charge in [-0.25, -0.2) is 0 Å². The Morgan fingerprint density at radius 3 is 2.17 bits per heavy atom. The second kappa shape index (κ2) is 5.55. The Balaban J connectivity index is 3.58. The summed E-state index contributed by atoms with van der Waals surface area (Å²) in [5.74, 6) is 5.44. The van der Waals surface area contributed by atoms with Gasteiger partial charge in [-0.15, -0.1) is 0 Å². The fraction of sp³-hybridized carbons (Fsp3) is 1.00. The van der Waals surface area contributed by atoms with Gasteiger partial charge in [-0.3, -0.25) is 11.3 Å². The van der Waals surface area contributed by atoms with Crippen molar-refractivity contribution in [3.63, 3.8) is 0 Å². The van der Waals surface area contributed by atoms with Crippen LogP contribution >= 0.6 is 0 Å². The van der Waals surface area contributed by atoms with E-state index in [0.29, 0.717) is 11.5 Å². The molecule has 0 aliphatic carbocycles. The summed E-state index contributed by atoms with van der Waals surface area (Å²) in [6, 6.07) is 0.509. The monoisotopic (exact) mass is 172 g/mol. The third-order valence-electron chi connectivity index (χ3n) is 2.12. The first kappa shape index (κ1) is 11.9. The predicted molar refractivity (Wildman–Crippen MR) is 54.7 cm³/mol. The summed E-state index contributed by atoms with van der Waals surface area (Å²) in [4.78, 5) is 0. The second-order valence-corrected chi connectivity index (χ2v) is 4.75. The Kier molecular flexibility index (Phi) is 5.51. The Hall–Kier alpha value is -0.0800. The first-order valence-corrected chi connectivity index (χ1v) is 4.95. The molecule has 0 spiro atoms. The van der Waals surface area contributed by atoms with E-state index in [4.69, 9.17) is 5.84 Å². The SMILES string of the molecule is CCCC(CCC(C)(C)C)NN. The Morgan fingerprint density at radius 2 is 1.83 bits per heavy atom. The minimum absolute atomic E-state index is 0.433. The van der Waals surface area contributed by atoms with Crippen molar-refractivity contribution in [2.45, 2.75) is 59.4 Å². The fourth-order valence-electron chi connectivity index (χ4n) is 1.27. The maximum absolute atomic E-state index is 5.44. The maximum atomic E-state index is 5.44. The van der Waals surface area contributed by atoms with Crippen LogP contribution in [-0.2, 0) is 0 Å². The highest BCUT2D eigenvalue weighted by atomic mass is 15.2. The number of rotatable bonds is 5. The summed E-state index contributed by atoms with van der Waals surface area (Å²) in [5.41, 5.74) is 3.31. The van der Waals surface area contributed by atoms with E-state index in [-0.39, 0.29) is 0 Å². The number of hydrogen-bond acceptors (Lipinski definition) is 2. The molecule has 12 heavy (non-hydrogen) atoms. The summed E-state index contributed by atoms with van der Waals surface area (Å²) in [5, 5.41) is 0. The van der Waals surface area contributed by atoms with Crippen LogP contribution in [0.1, 0.15) is 53.4 Å². The smallest absolute Gasteiger partial charge is 0.0210 e. The predicted octanol–water partition coefficient (Wildman–Crippen LogP) is 2.44. The molecule has 0 heterocycles. The molecule has 1 unspecified atom stereocenters. The lowest BCUT2D eigenvalue weighted by molar-refractivity contribution is 0.323. The van der Waals surface area contributed by atoms with E-state index in [2.05, 4.69) is 33.1 Å². The minimum Gasteiger partial charge on any atom is -0.271 e. The first-order chi connectivity index (χ1) is 5.49. The molecule has 0 aromatic rings. The molecule has 0 rings (SSSR count). The number of nitrogens with one attached hydrogen (secondary N) is 1. The largest absolute Gasteiger partial charge is 0.271 e. The lowest BCUT2D eigenvalue weighted by atomic mass is 9.88. The number of nitrogens with two attached hydrogens (primary N) is 1. The Morgan fingerprint density at radius 1 is 1.25 bits per heavy atom. The topological polar surface area (TPSA) is 38.0 Å². The van der Waals surface area contributed by atoms with Crippen molar-refractivity contribution < 1.29 is 0 Å². The van der Waals surface area contributed by atoms with E-state index in [9.17, 15) is 0 Å². The van der Waals surface area contributed by atoms with E-state index in [0.717, 1.165) is 0 Å². The second-order valence-electron chi connectivity index (χ2n) is 4.75. The van der Waals surface area contributed by atoms with Crippen LogP contribution in [0.3, 0.4) is 0 Å². The number of hydrogen-bond donors (Lipinski definition) is 2. The van der Waals surface area contributed by atoms with E-state index in [1.54, 1.807) is 0 Å².